The van der Waals surface area contributed by atoms with Crippen molar-refractivity contribution in [2.24, 2.45) is 10.9 Å². The third-order valence-corrected chi connectivity index (χ3v) is 2.20. The molecule has 86 valence electrons. The van der Waals surface area contributed by atoms with Gasteiger partial charge >= 0.3 is 5.97 Å². The van der Waals surface area contributed by atoms with Crippen LogP contribution in [0.5, 0.6) is 0 Å². The molecule has 0 atom stereocenters. The molecule has 16 heavy (non-hydrogen) atoms. The number of carboxylic acid groups (broad SMARTS) is 1. The van der Waals surface area contributed by atoms with E-state index in [4.69, 9.17) is 10.8 Å². The first-order valence-corrected chi connectivity index (χ1v) is 5.02. The highest BCUT2D eigenvalue weighted by Gasteiger charge is 2.16. The molecule has 0 spiro atoms. The zero-order valence-corrected chi connectivity index (χ0v) is 9.15. The van der Waals surface area contributed by atoms with Gasteiger partial charge < -0.3 is 15.7 Å². The Hall–Kier alpha value is -1.96. The lowest BCUT2D eigenvalue weighted by atomic mass is 10.3. The van der Waals surface area contributed by atoms with Crippen LogP contribution in [-0.4, -0.2) is 34.3 Å². The summed E-state index contributed by atoms with van der Waals surface area (Å²) in [5, 5.41) is 14.4. The molecule has 0 aromatic carbocycles. The zero-order valence-electron chi connectivity index (χ0n) is 8.34. The van der Waals surface area contributed by atoms with Gasteiger partial charge in [0, 0.05) is 5.38 Å². The first kappa shape index (κ1) is 12.1. The van der Waals surface area contributed by atoms with Gasteiger partial charge in [-0.2, -0.15) is 0 Å². The molecule has 1 aromatic heterocycles. The summed E-state index contributed by atoms with van der Waals surface area (Å²) in [6.07, 6.45) is 0. The molecule has 0 aliphatic rings. The summed E-state index contributed by atoms with van der Waals surface area (Å²) in [4.78, 5) is 29.6. The SMILES string of the molecule is Cc1nc(/C(=N/OCC(N)=O)C(=O)O)cs1. The molecule has 0 fully saturated rings. The second-order valence-corrected chi connectivity index (χ2v) is 3.80. The predicted molar refractivity (Wildman–Crippen MR) is 56.2 cm³/mol. The van der Waals surface area contributed by atoms with Crippen molar-refractivity contribution in [2.75, 3.05) is 6.61 Å². The molecule has 0 aliphatic carbocycles. The summed E-state index contributed by atoms with van der Waals surface area (Å²) in [6, 6.07) is 0. The van der Waals surface area contributed by atoms with E-state index in [1.807, 2.05) is 0 Å². The zero-order chi connectivity index (χ0) is 12.1. The highest BCUT2D eigenvalue weighted by molar-refractivity contribution is 7.09. The van der Waals surface area contributed by atoms with Crippen LogP contribution in [0.4, 0.5) is 0 Å². The number of thiazole rings is 1. The molecule has 0 saturated carbocycles. The average molecular weight is 243 g/mol. The van der Waals surface area contributed by atoms with E-state index in [9.17, 15) is 9.59 Å². The number of amides is 1. The fraction of sp³-hybridized carbons (Fsp3) is 0.250. The lowest BCUT2D eigenvalue weighted by Crippen LogP contribution is -2.19. The number of primary amides is 1. The molecule has 1 rings (SSSR count). The van der Waals surface area contributed by atoms with Crippen LogP contribution >= 0.6 is 11.3 Å². The second-order valence-electron chi connectivity index (χ2n) is 2.74. The number of carbonyl (C=O) groups excluding carboxylic acids is 1. The smallest absolute Gasteiger partial charge is 0.360 e. The summed E-state index contributed by atoms with van der Waals surface area (Å²) < 4.78 is 0. The molecule has 0 aliphatic heterocycles. The number of hydrogen-bond donors (Lipinski definition) is 2. The highest BCUT2D eigenvalue weighted by atomic mass is 32.1. The number of hydrogen-bond acceptors (Lipinski definition) is 6. The second kappa shape index (κ2) is 5.21. The quantitative estimate of drug-likeness (QED) is 0.546. The number of rotatable bonds is 5. The molecule has 3 N–H and O–H groups in total. The highest BCUT2D eigenvalue weighted by Crippen LogP contribution is 2.09. The topological polar surface area (TPSA) is 115 Å². The first-order valence-electron chi connectivity index (χ1n) is 4.14. The molecular weight excluding hydrogens is 234 g/mol. The lowest BCUT2D eigenvalue weighted by molar-refractivity contribution is -0.130. The summed E-state index contributed by atoms with van der Waals surface area (Å²) in [7, 11) is 0. The monoisotopic (exact) mass is 243 g/mol. The van der Waals surface area contributed by atoms with Gasteiger partial charge in [-0.05, 0) is 6.92 Å². The maximum atomic E-state index is 10.8. The third-order valence-electron chi connectivity index (χ3n) is 1.43. The van der Waals surface area contributed by atoms with Gasteiger partial charge in [0.2, 0.25) is 5.71 Å². The fourth-order valence-electron chi connectivity index (χ4n) is 0.828. The van der Waals surface area contributed by atoms with Crippen molar-refractivity contribution in [2.45, 2.75) is 6.92 Å². The number of nitrogens with zero attached hydrogens (tertiary/aromatic N) is 2. The Morgan fingerprint density at radius 3 is 2.81 bits per heavy atom. The maximum absolute atomic E-state index is 10.8. The van der Waals surface area contributed by atoms with Gasteiger partial charge in [0.15, 0.2) is 6.61 Å². The van der Waals surface area contributed by atoms with Gasteiger partial charge in [-0.25, -0.2) is 9.78 Å². The maximum Gasteiger partial charge on any atom is 0.360 e. The molecule has 8 heteroatoms. The minimum Gasteiger partial charge on any atom is -0.476 e. The van der Waals surface area contributed by atoms with Crippen LogP contribution in [0.3, 0.4) is 0 Å². The van der Waals surface area contributed by atoms with Gasteiger partial charge in [0.25, 0.3) is 5.91 Å². The van der Waals surface area contributed by atoms with E-state index in [0.29, 0.717) is 5.01 Å². The van der Waals surface area contributed by atoms with Crippen LogP contribution in [0, 0.1) is 6.92 Å². The number of carboxylic acids is 1. The van der Waals surface area contributed by atoms with Crippen molar-refractivity contribution in [1.82, 2.24) is 4.98 Å². The minimum absolute atomic E-state index is 0.194. The molecule has 1 heterocycles. The van der Waals surface area contributed by atoms with Crippen molar-refractivity contribution in [3.05, 3.63) is 16.1 Å². The van der Waals surface area contributed by atoms with E-state index in [0.717, 1.165) is 0 Å². The molecule has 0 radical (unpaired) electrons. The number of aromatic nitrogens is 1. The number of carbonyl (C=O) groups is 2. The van der Waals surface area contributed by atoms with Crippen LogP contribution in [-0.2, 0) is 14.4 Å². The van der Waals surface area contributed by atoms with Crippen molar-refractivity contribution in [1.29, 1.82) is 0 Å². The predicted octanol–water partition coefficient (Wildman–Crippen LogP) is -0.258. The van der Waals surface area contributed by atoms with Gasteiger partial charge in [-0.15, -0.1) is 11.3 Å². The molecule has 7 nitrogen and oxygen atoms in total. The van der Waals surface area contributed by atoms with Crippen molar-refractivity contribution in [3.8, 4) is 0 Å². The summed E-state index contributed by atoms with van der Waals surface area (Å²) in [5.74, 6) is -2.02. The Labute approximate surface area is 94.5 Å². The van der Waals surface area contributed by atoms with Gasteiger partial charge in [0.1, 0.15) is 5.69 Å². The Morgan fingerprint density at radius 2 is 2.38 bits per heavy atom. The Morgan fingerprint density at radius 1 is 1.69 bits per heavy atom. The van der Waals surface area contributed by atoms with Crippen LogP contribution < -0.4 is 5.73 Å². The molecule has 0 unspecified atom stereocenters. The minimum atomic E-state index is -1.28. The van der Waals surface area contributed by atoms with E-state index in [1.165, 1.54) is 16.7 Å². The third kappa shape index (κ3) is 3.31. The molecule has 0 saturated heterocycles. The summed E-state index contributed by atoms with van der Waals surface area (Å²) >= 11 is 1.29. The van der Waals surface area contributed by atoms with Gasteiger partial charge in [0.05, 0.1) is 5.01 Å². The molecule has 1 aromatic rings. The number of aliphatic carboxylic acids is 1. The van der Waals surface area contributed by atoms with Crippen molar-refractivity contribution in [3.63, 3.8) is 0 Å². The number of nitrogens with two attached hydrogens (primary N) is 1. The Balaban J connectivity index is 2.83. The van der Waals surface area contributed by atoms with Crippen LogP contribution in [0.15, 0.2) is 10.5 Å². The Bertz CT molecular complexity index is 440. The van der Waals surface area contributed by atoms with E-state index in [1.54, 1.807) is 6.92 Å². The van der Waals surface area contributed by atoms with E-state index in [2.05, 4.69) is 15.0 Å². The van der Waals surface area contributed by atoms with E-state index in [-0.39, 0.29) is 11.4 Å². The lowest BCUT2D eigenvalue weighted by Gasteiger charge is -1.97. The molecule has 0 bridgehead atoms. The average Bonchev–Trinajstić information content (AvgIpc) is 2.58. The first-order chi connectivity index (χ1) is 7.50. The van der Waals surface area contributed by atoms with Crippen LogP contribution in [0.25, 0.3) is 0 Å². The van der Waals surface area contributed by atoms with E-state index < -0.39 is 18.5 Å². The summed E-state index contributed by atoms with van der Waals surface area (Å²) in [6.45, 7) is 1.26. The normalized spacial score (nSPS) is 11.2. The Kier molecular flexibility index (Phi) is 3.95. The van der Waals surface area contributed by atoms with Gasteiger partial charge in [-0.1, -0.05) is 5.16 Å². The van der Waals surface area contributed by atoms with Crippen LogP contribution in [0.1, 0.15) is 10.7 Å². The van der Waals surface area contributed by atoms with Crippen molar-refractivity contribution < 1.29 is 19.5 Å². The van der Waals surface area contributed by atoms with Crippen molar-refractivity contribution >= 4 is 28.9 Å². The molecule has 1 amide bonds. The fourth-order valence-corrected chi connectivity index (χ4v) is 1.43. The van der Waals surface area contributed by atoms with E-state index >= 15 is 0 Å². The number of aryl methyl sites for hydroxylation is 1. The largest absolute Gasteiger partial charge is 0.476 e. The standard InChI is InChI=1S/C8H9N3O4S/c1-4-10-5(3-16-4)7(8(13)14)11-15-2-6(9)12/h3H,2H2,1H3,(H2,9,12)(H,13,14)/b11-7-. The van der Waals surface area contributed by atoms with Crippen LogP contribution in [0.2, 0.25) is 0 Å². The number of oxime groups is 1. The molecular formula is C8H9N3O4S. The van der Waals surface area contributed by atoms with Gasteiger partial charge in [-0.3, -0.25) is 4.79 Å². The summed E-state index contributed by atoms with van der Waals surface area (Å²) in [5.41, 5.74) is 4.64.